The van der Waals surface area contributed by atoms with E-state index in [4.69, 9.17) is 4.74 Å². The van der Waals surface area contributed by atoms with Crippen molar-refractivity contribution in [3.05, 3.63) is 61.2 Å². The molecule has 0 saturated heterocycles. The average molecular weight is 385 g/mol. The molecule has 1 aromatic rings. The normalized spacial score (nSPS) is 13.3. The molecule has 0 bridgehead atoms. The first-order valence-corrected chi connectivity index (χ1v) is 8.07. The van der Waals surface area contributed by atoms with Crippen LogP contribution in [-0.4, -0.2) is 49.3 Å². The van der Waals surface area contributed by atoms with Crippen molar-refractivity contribution in [2.45, 2.75) is 18.8 Å². The molecule has 1 rings (SSSR count). The minimum Gasteiger partial charge on any atom is -0.467 e. The Morgan fingerprint density at radius 2 is 1.85 bits per heavy atom. The molecule has 0 radical (unpaired) electrons. The van der Waals surface area contributed by atoms with Crippen LogP contribution >= 0.6 is 0 Å². The summed E-state index contributed by atoms with van der Waals surface area (Å²) in [5, 5.41) is 0. The Labute approximate surface area is 156 Å². The van der Waals surface area contributed by atoms with Crippen molar-refractivity contribution in [3.8, 4) is 0 Å². The van der Waals surface area contributed by atoms with Crippen molar-refractivity contribution >= 4 is 11.9 Å². The van der Waals surface area contributed by atoms with Crippen LogP contribution in [0.1, 0.15) is 5.56 Å². The predicted molar refractivity (Wildman–Crippen MR) is 93.6 cm³/mol. The summed E-state index contributed by atoms with van der Waals surface area (Å²) >= 11 is 0. The topological polar surface area (TPSA) is 55.8 Å². The van der Waals surface area contributed by atoms with E-state index in [1.54, 1.807) is 0 Å². The van der Waals surface area contributed by atoms with Gasteiger partial charge < -0.3 is 14.4 Å². The fraction of sp³-hybridized carbons (Fsp3) is 0.368. The van der Waals surface area contributed by atoms with Crippen LogP contribution in [0.3, 0.4) is 0 Å². The van der Waals surface area contributed by atoms with E-state index >= 15 is 0 Å². The fourth-order valence-corrected chi connectivity index (χ4v) is 2.45. The van der Waals surface area contributed by atoms with Crippen molar-refractivity contribution in [1.29, 1.82) is 0 Å². The number of hydrogen-bond donors (Lipinski definition) is 0. The SMILES string of the molecule is C=CCN(C(=O)C(F)(F)F)C(C(=O)OC)[C@H](C=C)COCc1ccccc1. The highest BCUT2D eigenvalue weighted by molar-refractivity contribution is 5.88. The number of ether oxygens (including phenoxy) is 2. The zero-order valence-electron chi connectivity index (χ0n) is 14.9. The smallest absolute Gasteiger partial charge is 0.467 e. The lowest BCUT2D eigenvalue weighted by Crippen LogP contribution is -2.54. The van der Waals surface area contributed by atoms with Crippen molar-refractivity contribution in [2.24, 2.45) is 5.92 Å². The summed E-state index contributed by atoms with van der Waals surface area (Å²) in [6, 6.07) is 7.55. The lowest BCUT2D eigenvalue weighted by molar-refractivity contribution is -0.191. The molecule has 8 heteroatoms. The second kappa shape index (κ2) is 10.5. The van der Waals surface area contributed by atoms with Gasteiger partial charge in [0.15, 0.2) is 0 Å². The molecule has 2 atom stereocenters. The Kier molecular flexibility index (Phi) is 8.74. The number of alkyl halides is 3. The Hall–Kier alpha value is -2.61. The summed E-state index contributed by atoms with van der Waals surface area (Å²) in [7, 11) is 1.03. The number of esters is 1. The third-order valence-corrected chi connectivity index (χ3v) is 3.74. The van der Waals surface area contributed by atoms with Crippen molar-refractivity contribution in [2.75, 3.05) is 20.3 Å². The molecular formula is C19H22F3NO4. The molecule has 1 aromatic carbocycles. The van der Waals surface area contributed by atoms with Crippen LogP contribution in [-0.2, 0) is 25.7 Å². The second-order valence-corrected chi connectivity index (χ2v) is 5.61. The minimum absolute atomic E-state index is 0.128. The standard InChI is InChI=1S/C19H22F3NO4/c1-4-11-23(18(25)19(20,21)22)16(17(24)26-3)15(5-2)13-27-12-14-9-7-6-8-10-14/h4-10,15-16H,1-2,11-13H2,3H3/t15-,16?/m1/s1. The van der Waals surface area contributed by atoms with Gasteiger partial charge in [-0.1, -0.05) is 42.5 Å². The zero-order valence-corrected chi connectivity index (χ0v) is 14.9. The number of hydrogen-bond acceptors (Lipinski definition) is 4. The number of benzene rings is 1. The van der Waals surface area contributed by atoms with Gasteiger partial charge >= 0.3 is 18.1 Å². The Morgan fingerprint density at radius 3 is 2.33 bits per heavy atom. The van der Waals surface area contributed by atoms with E-state index in [1.165, 1.54) is 6.08 Å². The summed E-state index contributed by atoms with van der Waals surface area (Å²) < 4.78 is 49.0. The van der Waals surface area contributed by atoms with Gasteiger partial charge in [0.2, 0.25) is 0 Å². The first-order valence-electron chi connectivity index (χ1n) is 8.07. The number of nitrogens with zero attached hydrogens (tertiary/aromatic N) is 1. The number of carbonyl (C=O) groups excluding carboxylic acids is 2. The van der Waals surface area contributed by atoms with Crippen LogP contribution in [0.15, 0.2) is 55.6 Å². The van der Waals surface area contributed by atoms with E-state index in [0.29, 0.717) is 4.90 Å². The van der Waals surface area contributed by atoms with Crippen molar-refractivity contribution in [3.63, 3.8) is 0 Å². The maximum Gasteiger partial charge on any atom is 0.471 e. The summed E-state index contributed by atoms with van der Waals surface area (Å²) in [6.07, 6.45) is -2.78. The van der Waals surface area contributed by atoms with Gasteiger partial charge in [-0.15, -0.1) is 13.2 Å². The first-order chi connectivity index (χ1) is 12.8. The van der Waals surface area contributed by atoms with Crippen LogP contribution in [0.4, 0.5) is 13.2 Å². The maximum atomic E-state index is 13.0. The lowest BCUT2D eigenvalue weighted by atomic mass is 9.98. The monoisotopic (exact) mass is 385 g/mol. The van der Waals surface area contributed by atoms with E-state index in [0.717, 1.165) is 18.7 Å². The van der Waals surface area contributed by atoms with E-state index < -0.39 is 36.6 Å². The number of rotatable bonds is 10. The van der Waals surface area contributed by atoms with E-state index in [9.17, 15) is 22.8 Å². The van der Waals surface area contributed by atoms with E-state index in [1.807, 2.05) is 30.3 Å². The molecule has 0 aromatic heterocycles. The Morgan fingerprint density at radius 1 is 1.22 bits per heavy atom. The second-order valence-electron chi connectivity index (χ2n) is 5.61. The predicted octanol–water partition coefficient (Wildman–Crippen LogP) is 3.12. The third kappa shape index (κ3) is 6.56. The molecule has 0 heterocycles. The quantitative estimate of drug-likeness (QED) is 0.459. The summed E-state index contributed by atoms with van der Waals surface area (Å²) in [5.74, 6) is -4.07. The number of methoxy groups -OCH3 is 1. The summed E-state index contributed by atoms with van der Waals surface area (Å²) in [5.41, 5.74) is 0.851. The van der Waals surface area contributed by atoms with Gasteiger partial charge in [0.25, 0.3) is 0 Å². The summed E-state index contributed by atoms with van der Waals surface area (Å²) in [4.78, 5) is 24.3. The third-order valence-electron chi connectivity index (χ3n) is 3.74. The molecule has 0 aliphatic heterocycles. The molecule has 27 heavy (non-hydrogen) atoms. The van der Waals surface area contributed by atoms with Gasteiger partial charge in [-0.3, -0.25) is 4.79 Å². The molecule has 0 fully saturated rings. The minimum atomic E-state index is -5.15. The number of halogens is 3. The largest absolute Gasteiger partial charge is 0.471 e. The molecule has 1 unspecified atom stereocenters. The van der Waals surface area contributed by atoms with Crippen LogP contribution < -0.4 is 0 Å². The van der Waals surface area contributed by atoms with E-state index in [-0.39, 0.29) is 13.2 Å². The van der Waals surface area contributed by atoms with Gasteiger partial charge in [-0.25, -0.2) is 4.79 Å². The highest BCUT2D eigenvalue weighted by Crippen LogP contribution is 2.24. The Bertz CT molecular complexity index is 646. The van der Waals surface area contributed by atoms with Gasteiger partial charge in [0.05, 0.1) is 20.3 Å². The average Bonchev–Trinajstić information content (AvgIpc) is 2.65. The Balaban J connectivity index is 3.01. The van der Waals surface area contributed by atoms with Gasteiger partial charge in [0.1, 0.15) is 6.04 Å². The van der Waals surface area contributed by atoms with Gasteiger partial charge in [-0.05, 0) is 5.56 Å². The van der Waals surface area contributed by atoms with Crippen LogP contribution in [0.2, 0.25) is 0 Å². The zero-order chi connectivity index (χ0) is 20.4. The molecule has 0 aliphatic carbocycles. The molecular weight excluding hydrogens is 363 g/mol. The fourth-order valence-electron chi connectivity index (χ4n) is 2.45. The molecule has 0 saturated carbocycles. The van der Waals surface area contributed by atoms with Crippen LogP contribution in [0, 0.1) is 5.92 Å². The molecule has 0 aliphatic rings. The van der Waals surface area contributed by atoms with Crippen molar-refractivity contribution in [1.82, 2.24) is 4.90 Å². The number of carbonyl (C=O) groups is 2. The van der Waals surface area contributed by atoms with E-state index in [2.05, 4.69) is 17.9 Å². The van der Waals surface area contributed by atoms with Crippen LogP contribution in [0.5, 0.6) is 0 Å². The first kappa shape index (κ1) is 22.4. The highest BCUT2D eigenvalue weighted by Gasteiger charge is 2.47. The van der Waals surface area contributed by atoms with Crippen molar-refractivity contribution < 1.29 is 32.2 Å². The molecule has 5 nitrogen and oxygen atoms in total. The highest BCUT2D eigenvalue weighted by atomic mass is 19.4. The van der Waals surface area contributed by atoms with Crippen LogP contribution in [0.25, 0.3) is 0 Å². The molecule has 1 amide bonds. The van der Waals surface area contributed by atoms with Gasteiger partial charge in [-0.2, -0.15) is 13.2 Å². The summed E-state index contributed by atoms with van der Waals surface area (Å²) in [6.45, 7) is 6.48. The maximum absolute atomic E-state index is 13.0. The number of amides is 1. The molecule has 148 valence electrons. The van der Waals surface area contributed by atoms with Gasteiger partial charge in [0, 0.05) is 12.5 Å². The molecule has 0 N–H and O–H groups in total. The molecule has 0 spiro atoms. The lowest BCUT2D eigenvalue weighted by Gasteiger charge is -2.33.